The van der Waals surface area contributed by atoms with Crippen molar-refractivity contribution in [1.29, 1.82) is 0 Å². The van der Waals surface area contributed by atoms with Crippen molar-refractivity contribution >= 4 is 0 Å². The Morgan fingerprint density at radius 2 is 1.83 bits per heavy atom. The summed E-state index contributed by atoms with van der Waals surface area (Å²) in [7, 11) is 0. The summed E-state index contributed by atoms with van der Waals surface area (Å²) >= 11 is 0. The Bertz CT molecular complexity index is 937. The SMILES string of the molecule is O=c1cc(C#Cc2ccccc2)ncn1Cc1cccc(F)c1. The molecule has 0 unspecified atom stereocenters. The third kappa shape index (κ3) is 3.92. The normalized spacial score (nSPS) is 9.96. The number of hydrogen-bond donors (Lipinski definition) is 0. The van der Waals surface area contributed by atoms with Gasteiger partial charge in [-0.15, -0.1) is 0 Å². The third-order valence-electron chi connectivity index (χ3n) is 3.23. The number of aromatic nitrogens is 2. The van der Waals surface area contributed by atoms with Gasteiger partial charge in [0.25, 0.3) is 5.56 Å². The van der Waals surface area contributed by atoms with Crippen molar-refractivity contribution in [3.8, 4) is 11.8 Å². The van der Waals surface area contributed by atoms with Gasteiger partial charge >= 0.3 is 0 Å². The number of halogens is 1. The maximum Gasteiger partial charge on any atom is 0.254 e. The molecule has 3 rings (SSSR count). The molecule has 0 aliphatic carbocycles. The molecule has 0 atom stereocenters. The van der Waals surface area contributed by atoms with E-state index in [0.29, 0.717) is 11.3 Å². The van der Waals surface area contributed by atoms with Gasteiger partial charge in [-0.25, -0.2) is 9.37 Å². The van der Waals surface area contributed by atoms with Crippen molar-refractivity contribution in [3.63, 3.8) is 0 Å². The van der Waals surface area contributed by atoms with Crippen LogP contribution in [0.4, 0.5) is 4.39 Å². The standard InChI is InChI=1S/C19H13FN2O/c20-17-8-4-7-16(11-17)13-22-14-21-18(12-19(22)23)10-9-15-5-2-1-3-6-15/h1-8,11-12,14H,13H2. The van der Waals surface area contributed by atoms with Gasteiger partial charge < -0.3 is 0 Å². The first-order chi connectivity index (χ1) is 11.2. The Morgan fingerprint density at radius 3 is 2.57 bits per heavy atom. The summed E-state index contributed by atoms with van der Waals surface area (Å²) < 4.78 is 14.6. The molecule has 0 bridgehead atoms. The van der Waals surface area contributed by atoms with Gasteiger partial charge in [-0.1, -0.05) is 36.3 Å². The molecule has 0 aliphatic rings. The molecule has 1 heterocycles. The average Bonchev–Trinajstić information content (AvgIpc) is 2.56. The summed E-state index contributed by atoms with van der Waals surface area (Å²) in [4.78, 5) is 16.3. The molecular formula is C19H13FN2O. The van der Waals surface area contributed by atoms with Gasteiger partial charge in [-0.3, -0.25) is 9.36 Å². The highest BCUT2D eigenvalue weighted by Crippen LogP contribution is 2.04. The van der Waals surface area contributed by atoms with Crippen molar-refractivity contribution in [2.24, 2.45) is 0 Å². The van der Waals surface area contributed by atoms with Gasteiger partial charge in [0.2, 0.25) is 0 Å². The van der Waals surface area contributed by atoms with E-state index in [-0.39, 0.29) is 17.9 Å². The quantitative estimate of drug-likeness (QED) is 0.682. The van der Waals surface area contributed by atoms with Crippen LogP contribution in [-0.4, -0.2) is 9.55 Å². The van der Waals surface area contributed by atoms with Gasteiger partial charge in [0, 0.05) is 11.6 Å². The zero-order valence-electron chi connectivity index (χ0n) is 12.2. The van der Waals surface area contributed by atoms with E-state index in [4.69, 9.17) is 0 Å². The summed E-state index contributed by atoms with van der Waals surface area (Å²) in [6.07, 6.45) is 1.43. The number of hydrogen-bond acceptors (Lipinski definition) is 2. The van der Waals surface area contributed by atoms with E-state index in [1.54, 1.807) is 12.1 Å². The lowest BCUT2D eigenvalue weighted by Gasteiger charge is -2.05. The summed E-state index contributed by atoms with van der Waals surface area (Å²) in [6.45, 7) is 0.274. The van der Waals surface area contributed by atoms with Crippen LogP contribution in [0.5, 0.6) is 0 Å². The topological polar surface area (TPSA) is 34.9 Å². The molecule has 0 fully saturated rings. The minimum Gasteiger partial charge on any atom is -0.295 e. The third-order valence-corrected chi connectivity index (χ3v) is 3.23. The van der Waals surface area contributed by atoms with Crippen LogP contribution >= 0.6 is 0 Å². The summed E-state index contributed by atoms with van der Waals surface area (Å²) in [5, 5.41) is 0. The minimum atomic E-state index is -0.325. The first-order valence-corrected chi connectivity index (χ1v) is 7.09. The lowest BCUT2D eigenvalue weighted by molar-refractivity contribution is 0.622. The van der Waals surface area contributed by atoms with Crippen LogP contribution in [0.25, 0.3) is 0 Å². The number of benzene rings is 2. The van der Waals surface area contributed by atoms with E-state index in [9.17, 15) is 9.18 Å². The maximum absolute atomic E-state index is 13.2. The predicted octanol–water partition coefficient (Wildman–Crippen LogP) is 2.83. The van der Waals surface area contributed by atoms with Gasteiger partial charge in [0.1, 0.15) is 11.5 Å². The molecule has 0 radical (unpaired) electrons. The highest BCUT2D eigenvalue weighted by atomic mass is 19.1. The second-order valence-corrected chi connectivity index (χ2v) is 4.99. The Balaban J connectivity index is 1.81. The second kappa shape index (κ2) is 6.71. The van der Waals surface area contributed by atoms with Crippen molar-refractivity contribution in [3.05, 3.63) is 100.0 Å². The molecule has 0 saturated heterocycles. The van der Waals surface area contributed by atoms with E-state index >= 15 is 0 Å². The fourth-order valence-corrected chi connectivity index (χ4v) is 2.10. The van der Waals surface area contributed by atoms with Crippen LogP contribution in [-0.2, 0) is 6.54 Å². The molecule has 0 saturated carbocycles. The number of nitrogens with zero attached hydrogens (tertiary/aromatic N) is 2. The van der Waals surface area contributed by atoms with Gasteiger partial charge in [0.15, 0.2) is 0 Å². The average molecular weight is 304 g/mol. The fraction of sp³-hybridized carbons (Fsp3) is 0.0526. The fourth-order valence-electron chi connectivity index (χ4n) is 2.10. The molecule has 23 heavy (non-hydrogen) atoms. The Kier molecular flexibility index (Phi) is 4.30. The van der Waals surface area contributed by atoms with E-state index in [1.165, 1.54) is 29.1 Å². The largest absolute Gasteiger partial charge is 0.295 e. The zero-order chi connectivity index (χ0) is 16.1. The molecule has 1 aromatic heterocycles. The molecule has 4 heteroatoms. The lowest BCUT2D eigenvalue weighted by Crippen LogP contribution is -2.20. The number of rotatable bonds is 2. The van der Waals surface area contributed by atoms with Crippen molar-refractivity contribution in [2.75, 3.05) is 0 Å². The van der Waals surface area contributed by atoms with Crippen LogP contribution < -0.4 is 5.56 Å². The Labute approximate surface area is 133 Å². The zero-order valence-corrected chi connectivity index (χ0v) is 12.2. The highest BCUT2D eigenvalue weighted by Gasteiger charge is 2.01. The van der Waals surface area contributed by atoms with Gasteiger partial charge in [-0.05, 0) is 35.7 Å². The van der Waals surface area contributed by atoms with Crippen LogP contribution in [0.3, 0.4) is 0 Å². The van der Waals surface area contributed by atoms with Crippen LogP contribution in [0, 0.1) is 17.7 Å². The minimum absolute atomic E-state index is 0.221. The lowest BCUT2D eigenvalue weighted by atomic mass is 10.2. The van der Waals surface area contributed by atoms with Crippen LogP contribution in [0.1, 0.15) is 16.8 Å². The second-order valence-electron chi connectivity index (χ2n) is 4.99. The summed E-state index contributed by atoms with van der Waals surface area (Å²) in [5.41, 5.74) is 1.76. The van der Waals surface area contributed by atoms with E-state index < -0.39 is 0 Å². The molecule has 3 nitrogen and oxygen atoms in total. The van der Waals surface area contributed by atoms with Gasteiger partial charge in [-0.2, -0.15) is 0 Å². The highest BCUT2D eigenvalue weighted by molar-refractivity contribution is 5.39. The molecule has 0 aliphatic heterocycles. The summed E-state index contributed by atoms with van der Waals surface area (Å²) in [6, 6.07) is 17.0. The first kappa shape index (κ1) is 14.7. The van der Waals surface area contributed by atoms with E-state index in [1.807, 2.05) is 30.3 Å². The molecule has 0 N–H and O–H groups in total. The molecule has 0 amide bonds. The van der Waals surface area contributed by atoms with Crippen molar-refractivity contribution in [1.82, 2.24) is 9.55 Å². The van der Waals surface area contributed by atoms with E-state index in [0.717, 1.165) is 5.56 Å². The molecular weight excluding hydrogens is 291 g/mol. The molecule has 3 aromatic rings. The predicted molar refractivity (Wildman–Crippen MR) is 86.4 cm³/mol. The summed E-state index contributed by atoms with van der Waals surface area (Å²) in [5.74, 6) is 5.50. The molecule has 0 spiro atoms. The molecule has 2 aromatic carbocycles. The van der Waals surface area contributed by atoms with Crippen LogP contribution in [0.2, 0.25) is 0 Å². The Morgan fingerprint density at radius 1 is 1.00 bits per heavy atom. The van der Waals surface area contributed by atoms with Crippen molar-refractivity contribution < 1.29 is 4.39 Å². The van der Waals surface area contributed by atoms with Gasteiger partial charge in [0.05, 0.1) is 12.9 Å². The Hall–Kier alpha value is -3.19. The van der Waals surface area contributed by atoms with E-state index in [2.05, 4.69) is 16.8 Å². The monoisotopic (exact) mass is 304 g/mol. The molecule has 112 valence electrons. The van der Waals surface area contributed by atoms with Crippen molar-refractivity contribution in [2.45, 2.75) is 6.54 Å². The maximum atomic E-state index is 13.2. The smallest absolute Gasteiger partial charge is 0.254 e. The van der Waals surface area contributed by atoms with Crippen LogP contribution in [0.15, 0.2) is 71.8 Å². The first-order valence-electron chi connectivity index (χ1n) is 7.09.